The molecule has 0 unspecified atom stereocenters. The van der Waals surface area contributed by atoms with Crippen LogP contribution in [-0.2, 0) is 5.88 Å². The first-order valence-electron chi connectivity index (χ1n) is 3.89. The Hall–Kier alpha value is -1.03. The predicted octanol–water partition coefficient (Wildman–Crippen LogP) is 2.88. The highest BCUT2D eigenvalue weighted by Crippen LogP contribution is 2.24. The molecule has 1 aromatic rings. The van der Waals surface area contributed by atoms with Gasteiger partial charge in [-0.2, -0.15) is 0 Å². The predicted molar refractivity (Wildman–Crippen MR) is 48.9 cm³/mol. The summed E-state index contributed by atoms with van der Waals surface area (Å²) < 4.78 is 24.8. The van der Waals surface area contributed by atoms with Crippen molar-refractivity contribution in [3.63, 3.8) is 0 Å². The van der Waals surface area contributed by atoms with Gasteiger partial charge in [-0.15, -0.1) is 11.6 Å². The zero-order valence-electron chi connectivity index (χ0n) is 7.43. The number of nitrogens with zero attached hydrogens (tertiary/aromatic N) is 1. The van der Waals surface area contributed by atoms with Crippen LogP contribution in [0.25, 0.3) is 0 Å². The van der Waals surface area contributed by atoms with Gasteiger partial charge in [0.1, 0.15) is 5.69 Å². The molecule has 0 saturated carbocycles. The van der Waals surface area contributed by atoms with E-state index in [9.17, 15) is 13.6 Å². The second kappa shape index (κ2) is 4.46. The molecule has 0 saturated heterocycles. The van der Waals surface area contributed by atoms with Crippen LogP contribution in [0.1, 0.15) is 33.6 Å². The smallest absolute Gasteiger partial charge is 0.281 e. The molecule has 0 bridgehead atoms. The third kappa shape index (κ3) is 1.90. The molecule has 1 rings (SSSR count). The average molecular weight is 220 g/mol. The maximum Gasteiger partial charge on any atom is 0.281 e. The molecule has 0 aliphatic rings. The van der Waals surface area contributed by atoms with E-state index in [4.69, 9.17) is 11.6 Å². The summed E-state index contributed by atoms with van der Waals surface area (Å²) in [6.45, 7) is 1.58. The number of pyridine rings is 1. The minimum absolute atomic E-state index is 0.0573. The molecule has 14 heavy (non-hydrogen) atoms. The number of halogens is 3. The van der Waals surface area contributed by atoms with Crippen LogP contribution in [0.2, 0.25) is 0 Å². The molecule has 0 fully saturated rings. The van der Waals surface area contributed by atoms with Crippen LogP contribution in [-0.4, -0.2) is 11.3 Å². The maximum absolute atomic E-state index is 12.4. The summed E-state index contributed by atoms with van der Waals surface area (Å²) in [6.07, 6.45) is -1.07. The van der Waals surface area contributed by atoms with Gasteiger partial charge in [-0.25, -0.2) is 8.78 Å². The molecule has 0 spiro atoms. The van der Waals surface area contributed by atoms with Crippen LogP contribution in [0.3, 0.4) is 0 Å². The van der Waals surface area contributed by atoms with Crippen molar-refractivity contribution in [2.75, 3.05) is 0 Å². The largest absolute Gasteiger partial charge is 0.298 e. The maximum atomic E-state index is 12.4. The third-order valence-corrected chi connectivity index (χ3v) is 2.28. The Morgan fingerprint density at radius 3 is 2.71 bits per heavy atom. The number of hydrogen-bond donors (Lipinski definition) is 0. The average Bonchev–Trinajstić information content (AvgIpc) is 2.17. The Kier molecular flexibility index (Phi) is 3.52. The number of aromatic nitrogens is 1. The number of rotatable bonds is 3. The van der Waals surface area contributed by atoms with E-state index in [1.165, 1.54) is 6.20 Å². The van der Waals surface area contributed by atoms with Crippen molar-refractivity contribution in [3.05, 3.63) is 28.6 Å². The summed E-state index contributed by atoms with van der Waals surface area (Å²) >= 11 is 5.55. The van der Waals surface area contributed by atoms with E-state index in [1.54, 1.807) is 6.92 Å². The lowest BCUT2D eigenvalue weighted by atomic mass is 10.0. The fraction of sp³-hybridized carbons (Fsp3) is 0.333. The van der Waals surface area contributed by atoms with Crippen LogP contribution in [0.4, 0.5) is 8.78 Å². The minimum Gasteiger partial charge on any atom is -0.298 e. The lowest BCUT2D eigenvalue weighted by Gasteiger charge is -2.08. The van der Waals surface area contributed by atoms with E-state index < -0.39 is 12.1 Å². The van der Waals surface area contributed by atoms with E-state index in [1.807, 2.05) is 0 Å². The minimum atomic E-state index is -2.74. The van der Waals surface area contributed by atoms with Crippen LogP contribution >= 0.6 is 11.6 Å². The van der Waals surface area contributed by atoms with Gasteiger partial charge in [0, 0.05) is 17.6 Å². The number of alkyl halides is 3. The summed E-state index contributed by atoms with van der Waals surface area (Å²) in [4.78, 5) is 14.1. The zero-order valence-corrected chi connectivity index (χ0v) is 8.18. The SMILES string of the molecule is Cc1c(CCl)cnc(C(F)F)c1C=O. The topological polar surface area (TPSA) is 30.0 Å². The molecular weight excluding hydrogens is 212 g/mol. The molecule has 0 aliphatic heterocycles. The highest BCUT2D eigenvalue weighted by Gasteiger charge is 2.17. The Bertz CT molecular complexity index is 355. The Labute approximate surface area is 84.9 Å². The molecule has 0 amide bonds. The molecule has 0 aliphatic carbocycles. The Morgan fingerprint density at radius 1 is 1.64 bits per heavy atom. The molecule has 2 nitrogen and oxygen atoms in total. The first kappa shape index (κ1) is 11.0. The van der Waals surface area contributed by atoms with Crippen molar-refractivity contribution in [1.82, 2.24) is 4.98 Å². The van der Waals surface area contributed by atoms with Gasteiger partial charge in [-0.3, -0.25) is 9.78 Å². The Morgan fingerprint density at radius 2 is 2.29 bits per heavy atom. The van der Waals surface area contributed by atoms with Crippen LogP contribution in [0.5, 0.6) is 0 Å². The normalized spacial score (nSPS) is 10.6. The van der Waals surface area contributed by atoms with Gasteiger partial charge >= 0.3 is 0 Å². The molecule has 0 N–H and O–H groups in total. The van der Waals surface area contributed by atoms with E-state index in [2.05, 4.69) is 4.98 Å². The first-order chi connectivity index (χ1) is 6.61. The van der Waals surface area contributed by atoms with Crippen molar-refractivity contribution >= 4 is 17.9 Å². The van der Waals surface area contributed by atoms with E-state index in [0.717, 1.165) is 0 Å². The standard InChI is InChI=1S/C9H8ClF2NO/c1-5-6(2-10)3-13-8(9(11)12)7(5)4-14/h3-4,9H,2H2,1H3. The fourth-order valence-electron chi connectivity index (χ4n) is 1.14. The molecular formula is C9H8ClF2NO. The summed E-state index contributed by atoms with van der Waals surface area (Å²) in [5.74, 6) is 0.156. The number of carbonyl (C=O) groups is 1. The van der Waals surface area contributed by atoms with Crippen LogP contribution in [0, 0.1) is 6.92 Å². The molecule has 5 heteroatoms. The van der Waals surface area contributed by atoms with Crippen molar-refractivity contribution in [2.24, 2.45) is 0 Å². The van der Waals surface area contributed by atoms with Gasteiger partial charge in [-0.1, -0.05) is 0 Å². The van der Waals surface area contributed by atoms with Crippen LogP contribution < -0.4 is 0 Å². The monoisotopic (exact) mass is 219 g/mol. The van der Waals surface area contributed by atoms with Crippen molar-refractivity contribution < 1.29 is 13.6 Å². The highest BCUT2D eigenvalue weighted by atomic mass is 35.5. The van der Waals surface area contributed by atoms with Gasteiger partial charge in [0.25, 0.3) is 6.43 Å². The van der Waals surface area contributed by atoms with Gasteiger partial charge in [0.15, 0.2) is 6.29 Å². The lowest BCUT2D eigenvalue weighted by Crippen LogP contribution is -2.03. The molecule has 0 atom stereocenters. The summed E-state index contributed by atoms with van der Waals surface area (Å²) in [5.41, 5.74) is 0.531. The first-order valence-corrected chi connectivity index (χ1v) is 4.43. The number of hydrogen-bond acceptors (Lipinski definition) is 2. The highest BCUT2D eigenvalue weighted by molar-refractivity contribution is 6.17. The van der Waals surface area contributed by atoms with Crippen molar-refractivity contribution in [1.29, 1.82) is 0 Å². The van der Waals surface area contributed by atoms with Crippen molar-refractivity contribution in [2.45, 2.75) is 19.2 Å². The van der Waals surface area contributed by atoms with Gasteiger partial charge in [-0.05, 0) is 18.1 Å². The second-order valence-electron chi connectivity index (χ2n) is 2.76. The summed E-state index contributed by atoms with van der Waals surface area (Å²) in [7, 11) is 0. The molecule has 0 aromatic carbocycles. The number of carbonyl (C=O) groups excluding carboxylic acids is 1. The zero-order chi connectivity index (χ0) is 10.7. The van der Waals surface area contributed by atoms with Gasteiger partial charge in [0.2, 0.25) is 0 Å². The van der Waals surface area contributed by atoms with Crippen LogP contribution in [0.15, 0.2) is 6.20 Å². The second-order valence-corrected chi connectivity index (χ2v) is 3.03. The lowest BCUT2D eigenvalue weighted by molar-refractivity contribution is 0.110. The number of aldehydes is 1. The summed E-state index contributed by atoms with van der Waals surface area (Å²) in [6, 6.07) is 0. The van der Waals surface area contributed by atoms with Gasteiger partial charge < -0.3 is 0 Å². The molecule has 76 valence electrons. The Balaban J connectivity index is 3.35. The van der Waals surface area contributed by atoms with Gasteiger partial charge in [0.05, 0.1) is 0 Å². The molecule has 1 aromatic heterocycles. The molecule has 1 heterocycles. The fourth-order valence-corrected chi connectivity index (χ4v) is 1.41. The quantitative estimate of drug-likeness (QED) is 0.578. The van der Waals surface area contributed by atoms with E-state index >= 15 is 0 Å². The molecule has 0 radical (unpaired) electrons. The van der Waals surface area contributed by atoms with Crippen molar-refractivity contribution in [3.8, 4) is 0 Å². The third-order valence-electron chi connectivity index (χ3n) is 1.99. The van der Waals surface area contributed by atoms with E-state index in [-0.39, 0.29) is 11.4 Å². The van der Waals surface area contributed by atoms with E-state index in [0.29, 0.717) is 17.4 Å². The summed E-state index contributed by atoms with van der Waals surface area (Å²) in [5, 5.41) is 0.